The SMILES string of the molecule is Cc1oc(C(=O)O)cc1COc1ccc(-c2ccc(N(C)C)cc2)cc1. The lowest BCUT2D eigenvalue weighted by Crippen LogP contribution is -2.07. The first kappa shape index (κ1) is 17.6. The molecule has 0 unspecified atom stereocenters. The van der Waals surface area contributed by atoms with E-state index in [1.165, 1.54) is 6.07 Å². The van der Waals surface area contributed by atoms with Gasteiger partial charge in [-0.25, -0.2) is 4.79 Å². The molecule has 0 aliphatic carbocycles. The molecule has 0 amide bonds. The van der Waals surface area contributed by atoms with Crippen LogP contribution in [-0.2, 0) is 6.61 Å². The number of carboxylic acids is 1. The van der Waals surface area contributed by atoms with Gasteiger partial charge in [0.2, 0.25) is 5.76 Å². The lowest BCUT2D eigenvalue weighted by molar-refractivity contribution is 0.0661. The van der Waals surface area contributed by atoms with Gasteiger partial charge in [-0.2, -0.15) is 0 Å². The lowest BCUT2D eigenvalue weighted by atomic mass is 10.1. The topological polar surface area (TPSA) is 62.9 Å². The summed E-state index contributed by atoms with van der Waals surface area (Å²) in [5, 5.41) is 8.96. The van der Waals surface area contributed by atoms with Gasteiger partial charge in [-0.3, -0.25) is 0 Å². The number of furan rings is 1. The van der Waals surface area contributed by atoms with Crippen LogP contribution in [0.25, 0.3) is 11.1 Å². The van der Waals surface area contributed by atoms with Crippen LogP contribution in [0.2, 0.25) is 0 Å². The normalized spacial score (nSPS) is 10.6. The summed E-state index contributed by atoms with van der Waals surface area (Å²) in [7, 11) is 4.03. The Morgan fingerprint density at radius 2 is 1.62 bits per heavy atom. The van der Waals surface area contributed by atoms with Gasteiger partial charge in [0.25, 0.3) is 0 Å². The van der Waals surface area contributed by atoms with E-state index in [1.54, 1.807) is 6.92 Å². The standard InChI is InChI=1S/C21H21NO4/c1-14-17(12-20(26-14)21(23)24)13-25-19-10-6-16(7-11-19)15-4-8-18(9-5-15)22(2)3/h4-12H,13H2,1-3H3,(H,23,24). The zero-order chi connectivity index (χ0) is 18.7. The zero-order valence-corrected chi connectivity index (χ0v) is 15.0. The van der Waals surface area contributed by atoms with E-state index in [9.17, 15) is 4.79 Å². The van der Waals surface area contributed by atoms with Gasteiger partial charge < -0.3 is 19.2 Å². The number of aryl methyl sites for hydroxylation is 1. The van der Waals surface area contributed by atoms with Gasteiger partial charge in [-0.1, -0.05) is 24.3 Å². The van der Waals surface area contributed by atoms with Crippen LogP contribution in [0.3, 0.4) is 0 Å². The number of hydrogen-bond acceptors (Lipinski definition) is 4. The van der Waals surface area contributed by atoms with Crippen molar-refractivity contribution in [2.75, 3.05) is 19.0 Å². The van der Waals surface area contributed by atoms with Crippen molar-refractivity contribution in [1.29, 1.82) is 0 Å². The largest absolute Gasteiger partial charge is 0.489 e. The summed E-state index contributed by atoms with van der Waals surface area (Å²) in [6.45, 7) is 1.99. The molecule has 5 nitrogen and oxygen atoms in total. The number of carbonyl (C=O) groups is 1. The highest BCUT2D eigenvalue weighted by Gasteiger charge is 2.13. The van der Waals surface area contributed by atoms with Crippen LogP contribution in [0.4, 0.5) is 5.69 Å². The average Bonchev–Trinajstić information content (AvgIpc) is 3.02. The quantitative estimate of drug-likeness (QED) is 0.703. The Kier molecular flexibility index (Phi) is 4.98. The molecule has 0 bridgehead atoms. The monoisotopic (exact) mass is 351 g/mol. The molecule has 0 aliphatic heterocycles. The summed E-state index contributed by atoms with van der Waals surface area (Å²) in [6, 6.07) is 17.7. The van der Waals surface area contributed by atoms with Crippen molar-refractivity contribution in [2.45, 2.75) is 13.5 Å². The van der Waals surface area contributed by atoms with Gasteiger partial charge in [0.1, 0.15) is 18.1 Å². The average molecular weight is 351 g/mol. The third kappa shape index (κ3) is 3.88. The summed E-state index contributed by atoms with van der Waals surface area (Å²) in [5.41, 5.74) is 4.13. The van der Waals surface area contributed by atoms with E-state index in [0.29, 0.717) is 5.76 Å². The smallest absolute Gasteiger partial charge is 0.371 e. The fourth-order valence-electron chi connectivity index (χ4n) is 2.63. The number of nitrogens with zero attached hydrogens (tertiary/aromatic N) is 1. The molecule has 0 radical (unpaired) electrons. The fourth-order valence-corrected chi connectivity index (χ4v) is 2.63. The molecular weight excluding hydrogens is 330 g/mol. The van der Waals surface area contributed by atoms with Gasteiger partial charge >= 0.3 is 5.97 Å². The van der Waals surface area contributed by atoms with Crippen molar-refractivity contribution < 1.29 is 19.1 Å². The first-order valence-corrected chi connectivity index (χ1v) is 8.27. The van der Waals surface area contributed by atoms with Crippen LogP contribution in [0.5, 0.6) is 5.75 Å². The highest BCUT2D eigenvalue weighted by Crippen LogP contribution is 2.25. The zero-order valence-electron chi connectivity index (χ0n) is 15.0. The van der Waals surface area contributed by atoms with Crippen molar-refractivity contribution in [3.8, 4) is 16.9 Å². The number of benzene rings is 2. The number of hydrogen-bond donors (Lipinski definition) is 1. The molecule has 2 aromatic carbocycles. The maximum Gasteiger partial charge on any atom is 0.371 e. The first-order valence-electron chi connectivity index (χ1n) is 8.27. The Bertz CT molecular complexity index is 893. The van der Waals surface area contributed by atoms with Crippen LogP contribution >= 0.6 is 0 Å². The van der Waals surface area contributed by atoms with E-state index < -0.39 is 5.97 Å². The second-order valence-corrected chi connectivity index (χ2v) is 6.25. The molecule has 3 aromatic rings. The van der Waals surface area contributed by atoms with Crippen LogP contribution in [0.1, 0.15) is 21.9 Å². The van der Waals surface area contributed by atoms with Gasteiger partial charge in [0.15, 0.2) is 0 Å². The Balaban J connectivity index is 1.67. The molecule has 0 saturated heterocycles. The predicted octanol–water partition coefficient (Wildman–Crippen LogP) is 4.60. The number of ether oxygens (including phenoxy) is 1. The van der Waals surface area contributed by atoms with Gasteiger partial charge in [0.05, 0.1) is 0 Å². The minimum Gasteiger partial charge on any atom is -0.489 e. The first-order chi connectivity index (χ1) is 12.4. The van der Waals surface area contributed by atoms with Crippen LogP contribution in [0, 0.1) is 6.92 Å². The second-order valence-electron chi connectivity index (χ2n) is 6.25. The third-order valence-electron chi connectivity index (χ3n) is 4.20. The minimum atomic E-state index is -1.08. The van der Waals surface area contributed by atoms with E-state index in [-0.39, 0.29) is 12.4 Å². The maximum atomic E-state index is 10.9. The van der Waals surface area contributed by atoms with Crippen molar-refractivity contribution in [1.82, 2.24) is 0 Å². The van der Waals surface area contributed by atoms with Crippen molar-refractivity contribution >= 4 is 11.7 Å². The number of carboxylic acid groups (broad SMARTS) is 1. The summed E-state index contributed by atoms with van der Waals surface area (Å²) >= 11 is 0. The molecule has 0 saturated carbocycles. The molecule has 3 rings (SSSR count). The van der Waals surface area contributed by atoms with E-state index in [4.69, 9.17) is 14.3 Å². The Labute approximate surface area is 152 Å². The number of anilines is 1. The van der Waals surface area contributed by atoms with E-state index in [0.717, 1.165) is 28.1 Å². The third-order valence-corrected chi connectivity index (χ3v) is 4.20. The van der Waals surface area contributed by atoms with Crippen molar-refractivity contribution in [2.24, 2.45) is 0 Å². The summed E-state index contributed by atoms with van der Waals surface area (Å²) in [6.07, 6.45) is 0. The van der Waals surface area contributed by atoms with Gasteiger partial charge in [-0.15, -0.1) is 0 Å². The fraction of sp³-hybridized carbons (Fsp3) is 0.190. The van der Waals surface area contributed by atoms with E-state index >= 15 is 0 Å². The van der Waals surface area contributed by atoms with Crippen molar-refractivity contribution in [3.63, 3.8) is 0 Å². The van der Waals surface area contributed by atoms with Crippen LogP contribution < -0.4 is 9.64 Å². The van der Waals surface area contributed by atoms with Gasteiger partial charge in [0, 0.05) is 25.3 Å². The van der Waals surface area contributed by atoms with Crippen LogP contribution in [0.15, 0.2) is 59.0 Å². The lowest BCUT2D eigenvalue weighted by Gasteiger charge is -2.13. The Hall–Kier alpha value is -3.21. The Morgan fingerprint density at radius 3 is 2.12 bits per heavy atom. The molecule has 1 aromatic heterocycles. The number of rotatable bonds is 6. The molecule has 1 N–H and O–H groups in total. The summed E-state index contributed by atoms with van der Waals surface area (Å²) < 4.78 is 10.9. The van der Waals surface area contributed by atoms with Crippen molar-refractivity contribution in [3.05, 3.63) is 71.7 Å². The maximum absolute atomic E-state index is 10.9. The molecule has 0 atom stereocenters. The minimum absolute atomic E-state index is 0.0716. The summed E-state index contributed by atoms with van der Waals surface area (Å²) in [4.78, 5) is 13.0. The Morgan fingerprint density at radius 1 is 1.04 bits per heavy atom. The molecule has 0 fully saturated rings. The molecule has 134 valence electrons. The van der Waals surface area contributed by atoms with Gasteiger partial charge in [-0.05, 0) is 48.4 Å². The molecule has 5 heteroatoms. The van der Waals surface area contributed by atoms with E-state index in [2.05, 4.69) is 29.2 Å². The second kappa shape index (κ2) is 7.35. The van der Waals surface area contributed by atoms with E-state index in [1.807, 2.05) is 38.4 Å². The highest BCUT2D eigenvalue weighted by molar-refractivity contribution is 5.84. The highest BCUT2D eigenvalue weighted by atomic mass is 16.5. The summed E-state index contributed by atoms with van der Waals surface area (Å²) in [5.74, 6) is 0.123. The molecule has 1 heterocycles. The molecule has 0 aliphatic rings. The van der Waals surface area contributed by atoms with Crippen LogP contribution in [-0.4, -0.2) is 25.2 Å². The number of aromatic carboxylic acids is 1. The molecule has 0 spiro atoms. The predicted molar refractivity (Wildman–Crippen MR) is 101 cm³/mol. The molecular formula is C21H21NO4. The molecule has 26 heavy (non-hydrogen) atoms.